The predicted octanol–water partition coefficient (Wildman–Crippen LogP) is 4.56. The maximum absolute atomic E-state index is 12.6. The molecule has 4 nitrogen and oxygen atoms in total. The highest BCUT2D eigenvalue weighted by Gasteiger charge is 2.21. The van der Waals surface area contributed by atoms with Crippen LogP contribution in [0.2, 0.25) is 0 Å². The van der Waals surface area contributed by atoms with E-state index >= 15 is 0 Å². The van der Waals surface area contributed by atoms with E-state index in [1.165, 1.54) is 0 Å². The average Bonchev–Trinajstić information content (AvgIpc) is 2.68. The number of anilines is 1. The number of carbonyl (C=O) groups excluding carboxylic acids is 1. The van der Waals surface area contributed by atoms with Crippen LogP contribution in [0, 0.1) is 0 Å². The van der Waals surface area contributed by atoms with Gasteiger partial charge in [-0.25, -0.2) is 0 Å². The Morgan fingerprint density at radius 1 is 0.962 bits per heavy atom. The standard InChI is InChI=1S/C22H21NO3/c1-26-18-13-11-17(12-14-18)23-22(25)15-20(16-7-3-2-4-8-16)19-9-5-6-10-21(19)24/h2-14,20,24H,15H2,1H3,(H,23,25). The Labute approximate surface area is 153 Å². The van der Waals surface area contributed by atoms with E-state index in [0.29, 0.717) is 5.69 Å². The number of phenols is 1. The molecule has 0 bridgehead atoms. The minimum atomic E-state index is -0.226. The third-order valence-corrected chi connectivity index (χ3v) is 4.28. The maximum Gasteiger partial charge on any atom is 0.225 e. The molecule has 0 saturated heterocycles. The second-order valence-electron chi connectivity index (χ2n) is 6.00. The van der Waals surface area contributed by atoms with Crippen LogP contribution in [0.25, 0.3) is 0 Å². The molecule has 0 saturated carbocycles. The van der Waals surface area contributed by atoms with Crippen LogP contribution >= 0.6 is 0 Å². The summed E-state index contributed by atoms with van der Waals surface area (Å²) in [6, 6.07) is 24.1. The number of para-hydroxylation sites is 1. The average molecular weight is 347 g/mol. The van der Waals surface area contributed by atoms with Crippen molar-refractivity contribution in [2.75, 3.05) is 12.4 Å². The number of methoxy groups -OCH3 is 1. The van der Waals surface area contributed by atoms with Crippen molar-refractivity contribution in [2.24, 2.45) is 0 Å². The molecule has 2 N–H and O–H groups in total. The first kappa shape index (κ1) is 17.5. The molecule has 26 heavy (non-hydrogen) atoms. The molecule has 3 rings (SSSR count). The zero-order valence-electron chi connectivity index (χ0n) is 14.6. The molecule has 0 aliphatic heterocycles. The summed E-state index contributed by atoms with van der Waals surface area (Å²) < 4.78 is 5.13. The minimum Gasteiger partial charge on any atom is -0.508 e. The Bertz CT molecular complexity index is 860. The van der Waals surface area contributed by atoms with E-state index in [4.69, 9.17) is 4.74 Å². The fourth-order valence-electron chi connectivity index (χ4n) is 2.95. The molecule has 0 aliphatic rings. The smallest absolute Gasteiger partial charge is 0.225 e. The zero-order chi connectivity index (χ0) is 18.4. The van der Waals surface area contributed by atoms with Gasteiger partial charge in [-0.1, -0.05) is 48.5 Å². The van der Waals surface area contributed by atoms with Crippen molar-refractivity contribution in [2.45, 2.75) is 12.3 Å². The molecule has 1 unspecified atom stereocenters. The number of rotatable bonds is 6. The quantitative estimate of drug-likeness (QED) is 0.687. The number of benzene rings is 3. The Kier molecular flexibility index (Phi) is 5.54. The lowest BCUT2D eigenvalue weighted by atomic mass is 9.87. The third-order valence-electron chi connectivity index (χ3n) is 4.28. The van der Waals surface area contributed by atoms with Crippen molar-refractivity contribution in [3.63, 3.8) is 0 Å². The summed E-state index contributed by atoms with van der Waals surface area (Å²) in [5.41, 5.74) is 2.43. The summed E-state index contributed by atoms with van der Waals surface area (Å²) in [5.74, 6) is 0.584. The lowest BCUT2D eigenvalue weighted by molar-refractivity contribution is -0.116. The molecule has 1 atom stereocenters. The lowest BCUT2D eigenvalue weighted by Gasteiger charge is -2.19. The number of phenolic OH excluding ortho intramolecular Hbond substituents is 1. The molecular formula is C22H21NO3. The second-order valence-corrected chi connectivity index (χ2v) is 6.00. The number of amides is 1. The number of carbonyl (C=O) groups is 1. The first-order valence-electron chi connectivity index (χ1n) is 8.44. The summed E-state index contributed by atoms with van der Waals surface area (Å²) in [6.07, 6.45) is 0.230. The lowest BCUT2D eigenvalue weighted by Crippen LogP contribution is -2.16. The first-order chi connectivity index (χ1) is 12.7. The molecule has 1 amide bonds. The molecular weight excluding hydrogens is 326 g/mol. The van der Waals surface area contributed by atoms with Gasteiger partial charge in [-0.2, -0.15) is 0 Å². The van der Waals surface area contributed by atoms with Gasteiger partial charge in [0.1, 0.15) is 11.5 Å². The highest BCUT2D eigenvalue weighted by Crippen LogP contribution is 2.34. The van der Waals surface area contributed by atoms with E-state index in [1.807, 2.05) is 42.5 Å². The zero-order valence-corrected chi connectivity index (χ0v) is 14.6. The maximum atomic E-state index is 12.6. The third kappa shape index (κ3) is 4.22. The highest BCUT2D eigenvalue weighted by molar-refractivity contribution is 5.91. The van der Waals surface area contributed by atoms with E-state index in [-0.39, 0.29) is 24.0 Å². The van der Waals surface area contributed by atoms with Gasteiger partial charge in [0.05, 0.1) is 7.11 Å². The molecule has 132 valence electrons. The number of hydrogen-bond acceptors (Lipinski definition) is 3. The van der Waals surface area contributed by atoms with E-state index in [2.05, 4.69) is 5.32 Å². The molecule has 0 aliphatic carbocycles. The Hall–Kier alpha value is -3.27. The van der Waals surface area contributed by atoms with Crippen molar-refractivity contribution in [1.29, 1.82) is 0 Å². The van der Waals surface area contributed by atoms with E-state index in [9.17, 15) is 9.90 Å². The first-order valence-corrected chi connectivity index (χ1v) is 8.44. The minimum absolute atomic E-state index is 0.118. The fourth-order valence-corrected chi connectivity index (χ4v) is 2.95. The monoisotopic (exact) mass is 347 g/mol. The molecule has 0 radical (unpaired) electrons. The van der Waals surface area contributed by atoms with Crippen LogP contribution in [0.3, 0.4) is 0 Å². The van der Waals surface area contributed by atoms with Gasteiger partial charge in [-0.05, 0) is 35.9 Å². The van der Waals surface area contributed by atoms with Gasteiger partial charge < -0.3 is 15.2 Å². The van der Waals surface area contributed by atoms with Crippen molar-refractivity contribution in [3.8, 4) is 11.5 Å². The Morgan fingerprint density at radius 3 is 2.27 bits per heavy atom. The van der Waals surface area contributed by atoms with Crippen LogP contribution in [0.15, 0.2) is 78.9 Å². The van der Waals surface area contributed by atoms with Crippen LogP contribution in [0.5, 0.6) is 11.5 Å². The Morgan fingerprint density at radius 2 is 1.62 bits per heavy atom. The van der Waals surface area contributed by atoms with Gasteiger partial charge in [-0.15, -0.1) is 0 Å². The summed E-state index contributed by atoms with van der Waals surface area (Å²) in [7, 11) is 1.60. The van der Waals surface area contributed by atoms with Crippen LogP contribution in [0.4, 0.5) is 5.69 Å². The number of aromatic hydroxyl groups is 1. The number of ether oxygens (including phenoxy) is 1. The molecule has 0 heterocycles. The van der Waals surface area contributed by atoms with Crippen LogP contribution in [-0.2, 0) is 4.79 Å². The van der Waals surface area contributed by atoms with Crippen LogP contribution in [0.1, 0.15) is 23.5 Å². The fraction of sp³-hybridized carbons (Fsp3) is 0.136. The van der Waals surface area contributed by atoms with Gasteiger partial charge in [0.2, 0.25) is 5.91 Å². The van der Waals surface area contributed by atoms with E-state index in [1.54, 1.807) is 43.5 Å². The number of hydrogen-bond donors (Lipinski definition) is 2. The normalized spacial score (nSPS) is 11.6. The topological polar surface area (TPSA) is 58.6 Å². The summed E-state index contributed by atoms with van der Waals surface area (Å²) >= 11 is 0. The molecule has 3 aromatic rings. The van der Waals surface area contributed by atoms with Gasteiger partial charge in [0, 0.05) is 23.6 Å². The van der Waals surface area contributed by atoms with Crippen molar-refractivity contribution >= 4 is 11.6 Å². The summed E-state index contributed by atoms with van der Waals surface area (Å²) in [4.78, 5) is 12.6. The predicted molar refractivity (Wildman–Crippen MR) is 103 cm³/mol. The molecule has 0 fully saturated rings. The van der Waals surface area contributed by atoms with Crippen LogP contribution < -0.4 is 10.1 Å². The van der Waals surface area contributed by atoms with Crippen molar-refractivity contribution in [1.82, 2.24) is 0 Å². The SMILES string of the molecule is COc1ccc(NC(=O)CC(c2ccccc2)c2ccccc2O)cc1. The van der Waals surface area contributed by atoms with Crippen LogP contribution in [-0.4, -0.2) is 18.1 Å². The van der Waals surface area contributed by atoms with Gasteiger partial charge >= 0.3 is 0 Å². The van der Waals surface area contributed by atoms with Gasteiger partial charge in [0.15, 0.2) is 0 Å². The molecule has 4 heteroatoms. The molecule has 0 spiro atoms. The summed E-state index contributed by atoms with van der Waals surface area (Å²) in [5, 5.41) is 13.2. The van der Waals surface area contributed by atoms with Crippen molar-refractivity contribution < 1.29 is 14.6 Å². The highest BCUT2D eigenvalue weighted by atomic mass is 16.5. The number of nitrogens with one attached hydrogen (secondary N) is 1. The van der Waals surface area contributed by atoms with E-state index in [0.717, 1.165) is 16.9 Å². The second kappa shape index (κ2) is 8.21. The van der Waals surface area contributed by atoms with Gasteiger partial charge in [0.25, 0.3) is 0 Å². The van der Waals surface area contributed by atoms with Gasteiger partial charge in [-0.3, -0.25) is 4.79 Å². The molecule has 0 aromatic heterocycles. The van der Waals surface area contributed by atoms with E-state index < -0.39 is 0 Å². The Balaban J connectivity index is 1.81. The van der Waals surface area contributed by atoms with Crippen molar-refractivity contribution in [3.05, 3.63) is 90.0 Å². The molecule has 3 aromatic carbocycles. The summed E-state index contributed by atoms with van der Waals surface area (Å²) in [6.45, 7) is 0. The largest absolute Gasteiger partial charge is 0.508 e.